The molecule has 3 rings (SSSR count). The van der Waals surface area contributed by atoms with E-state index in [0.29, 0.717) is 22.6 Å². The number of carbonyl (C=O) groups is 1. The molecule has 2 N–H and O–H groups in total. The van der Waals surface area contributed by atoms with E-state index in [4.69, 9.17) is 5.11 Å². The highest BCUT2D eigenvalue weighted by molar-refractivity contribution is 6.00. The Morgan fingerprint density at radius 1 is 1.22 bits per heavy atom. The van der Waals surface area contributed by atoms with E-state index in [0.717, 1.165) is 0 Å². The number of hydrogen-bond acceptors (Lipinski definition) is 4. The number of nitrogens with one attached hydrogen (secondary N) is 1. The monoisotopic (exact) mass is 240 g/mol. The highest BCUT2D eigenvalue weighted by Gasteiger charge is 2.14. The third-order valence-electron chi connectivity index (χ3n) is 2.54. The van der Waals surface area contributed by atoms with Gasteiger partial charge in [-0.2, -0.15) is 0 Å². The number of carboxylic acid groups (broad SMARTS) is 1. The summed E-state index contributed by atoms with van der Waals surface area (Å²) in [6.45, 7) is 0. The lowest BCUT2D eigenvalue weighted by Gasteiger charge is -1.99. The maximum atomic E-state index is 11.0. The highest BCUT2D eigenvalue weighted by atomic mass is 16.4. The number of carboxylic acids is 1. The molecule has 6 heteroatoms. The first-order valence-corrected chi connectivity index (χ1v) is 5.24. The van der Waals surface area contributed by atoms with Crippen LogP contribution in [0.5, 0.6) is 0 Å². The minimum atomic E-state index is -1.03. The second kappa shape index (κ2) is 3.92. The van der Waals surface area contributed by atoms with Crippen LogP contribution in [0.4, 0.5) is 0 Å². The van der Waals surface area contributed by atoms with Crippen LogP contribution in [0.2, 0.25) is 0 Å². The summed E-state index contributed by atoms with van der Waals surface area (Å²) in [4.78, 5) is 26.4. The van der Waals surface area contributed by atoms with E-state index >= 15 is 0 Å². The SMILES string of the molecule is O=C(O)c1c[nH]c2ncc(-c3ccccn3)nc12. The predicted molar refractivity (Wildman–Crippen MR) is 64.1 cm³/mol. The fourth-order valence-corrected chi connectivity index (χ4v) is 1.69. The van der Waals surface area contributed by atoms with Gasteiger partial charge in [0.2, 0.25) is 0 Å². The molecule has 0 saturated heterocycles. The van der Waals surface area contributed by atoms with Crippen molar-refractivity contribution in [2.75, 3.05) is 0 Å². The van der Waals surface area contributed by atoms with Crippen LogP contribution >= 0.6 is 0 Å². The highest BCUT2D eigenvalue weighted by Crippen LogP contribution is 2.19. The van der Waals surface area contributed by atoms with Gasteiger partial charge in [-0.1, -0.05) is 6.07 Å². The molecule has 18 heavy (non-hydrogen) atoms. The van der Waals surface area contributed by atoms with Crippen LogP contribution in [0, 0.1) is 0 Å². The van der Waals surface area contributed by atoms with Gasteiger partial charge < -0.3 is 10.1 Å². The standard InChI is InChI=1S/C12H8N4O2/c17-12(18)7-5-14-11-10(7)16-9(6-15-11)8-3-1-2-4-13-8/h1-6H,(H,14,15)(H,17,18). The van der Waals surface area contributed by atoms with Gasteiger partial charge in [0.25, 0.3) is 0 Å². The zero-order valence-electron chi connectivity index (χ0n) is 9.16. The molecule has 0 spiro atoms. The van der Waals surface area contributed by atoms with Crippen molar-refractivity contribution in [2.24, 2.45) is 0 Å². The van der Waals surface area contributed by atoms with E-state index in [9.17, 15) is 4.79 Å². The molecule has 88 valence electrons. The second-order valence-electron chi connectivity index (χ2n) is 3.67. The maximum absolute atomic E-state index is 11.0. The third kappa shape index (κ3) is 1.60. The Balaban J connectivity index is 2.21. The number of H-pyrrole nitrogens is 1. The average Bonchev–Trinajstić information content (AvgIpc) is 2.82. The van der Waals surface area contributed by atoms with Crippen LogP contribution in [-0.4, -0.2) is 31.0 Å². The van der Waals surface area contributed by atoms with Crippen molar-refractivity contribution < 1.29 is 9.90 Å². The lowest BCUT2D eigenvalue weighted by atomic mass is 10.2. The van der Waals surface area contributed by atoms with E-state index in [1.807, 2.05) is 6.07 Å². The second-order valence-corrected chi connectivity index (χ2v) is 3.67. The fourth-order valence-electron chi connectivity index (χ4n) is 1.69. The molecule has 0 atom stereocenters. The first kappa shape index (κ1) is 10.4. The van der Waals surface area contributed by atoms with Crippen molar-refractivity contribution >= 4 is 17.1 Å². The lowest BCUT2D eigenvalue weighted by Crippen LogP contribution is -1.96. The molecule has 0 bridgehead atoms. The molecular weight excluding hydrogens is 232 g/mol. The number of rotatable bonds is 2. The van der Waals surface area contributed by atoms with Crippen LogP contribution < -0.4 is 0 Å². The molecule has 3 aromatic heterocycles. The van der Waals surface area contributed by atoms with E-state index < -0.39 is 5.97 Å². The van der Waals surface area contributed by atoms with Gasteiger partial charge in [-0.3, -0.25) is 4.98 Å². The summed E-state index contributed by atoms with van der Waals surface area (Å²) in [5.41, 5.74) is 2.10. The van der Waals surface area contributed by atoms with Crippen molar-refractivity contribution in [1.82, 2.24) is 19.9 Å². The Labute approximate surface area is 101 Å². The normalized spacial score (nSPS) is 10.7. The number of nitrogens with zero attached hydrogens (tertiary/aromatic N) is 3. The molecule has 0 aliphatic carbocycles. The van der Waals surface area contributed by atoms with Crippen molar-refractivity contribution in [2.45, 2.75) is 0 Å². The Morgan fingerprint density at radius 2 is 2.11 bits per heavy atom. The van der Waals surface area contributed by atoms with Crippen LogP contribution in [0.25, 0.3) is 22.6 Å². The molecule has 6 nitrogen and oxygen atoms in total. The first-order valence-electron chi connectivity index (χ1n) is 5.24. The molecule has 0 aliphatic rings. The third-order valence-corrected chi connectivity index (χ3v) is 2.54. The zero-order valence-corrected chi connectivity index (χ0v) is 9.16. The van der Waals surface area contributed by atoms with Gasteiger partial charge in [0.05, 0.1) is 11.9 Å². The number of aromatic nitrogens is 4. The number of aromatic carboxylic acids is 1. The maximum Gasteiger partial charge on any atom is 0.339 e. The van der Waals surface area contributed by atoms with Crippen LogP contribution in [0.15, 0.2) is 36.8 Å². The molecular formula is C12H8N4O2. The van der Waals surface area contributed by atoms with Crippen LogP contribution in [0.1, 0.15) is 10.4 Å². The van der Waals surface area contributed by atoms with Gasteiger partial charge >= 0.3 is 5.97 Å². The number of pyridine rings is 1. The predicted octanol–water partition coefficient (Wildman–Crippen LogP) is 1.72. The summed E-state index contributed by atoms with van der Waals surface area (Å²) in [6.07, 6.45) is 4.60. The van der Waals surface area contributed by atoms with E-state index in [1.54, 1.807) is 24.5 Å². The summed E-state index contributed by atoms with van der Waals surface area (Å²) >= 11 is 0. The summed E-state index contributed by atoms with van der Waals surface area (Å²) in [5.74, 6) is -1.03. The van der Waals surface area contributed by atoms with Gasteiger partial charge in [-0.15, -0.1) is 0 Å². The van der Waals surface area contributed by atoms with E-state index in [-0.39, 0.29) is 5.56 Å². The Bertz CT molecular complexity index is 721. The van der Waals surface area contributed by atoms with Crippen molar-refractivity contribution in [3.8, 4) is 11.4 Å². The molecule has 0 unspecified atom stereocenters. The zero-order chi connectivity index (χ0) is 12.5. The Morgan fingerprint density at radius 3 is 2.83 bits per heavy atom. The molecule has 0 aliphatic heterocycles. The van der Waals surface area contributed by atoms with Crippen molar-refractivity contribution in [3.63, 3.8) is 0 Å². The van der Waals surface area contributed by atoms with Crippen LogP contribution in [0.3, 0.4) is 0 Å². The van der Waals surface area contributed by atoms with E-state index in [1.165, 1.54) is 6.20 Å². The van der Waals surface area contributed by atoms with Gasteiger partial charge in [0.15, 0.2) is 5.65 Å². The summed E-state index contributed by atoms with van der Waals surface area (Å²) in [6, 6.07) is 5.43. The Hall–Kier alpha value is -2.76. The molecule has 3 heterocycles. The van der Waals surface area contributed by atoms with Gasteiger partial charge in [-0.25, -0.2) is 14.8 Å². The molecule has 0 radical (unpaired) electrons. The topological polar surface area (TPSA) is 91.8 Å². The first-order chi connectivity index (χ1) is 8.75. The minimum absolute atomic E-state index is 0.107. The number of hydrogen-bond donors (Lipinski definition) is 2. The van der Waals surface area contributed by atoms with E-state index in [2.05, 4.69) is 19.9 Å². The fraction of sp³-hybridized carbons (Fsp3) is 0. The van der Waals surface area contributed by atoms with Crippen molar-refractivity contribution in [3.05, 3.63) is 42.4 Å². The summed E-state index contributed by atoms with van der Waals surface area (Å²) in [7, 11) is 0. The Kier molecular flexibility index (Phi) is 2.26. The minimum Gasteiger partial charge on any atom is -0.478 e. The largest absolute Gasteiger partial charge is 0.478 e. The molecule has 0 saturated carbocycles. The summed E-state index contributed by atoms with van der Waals surface area (Å²) in [5, 5.41) is 9.03. The van der Waals surface area contributed by atoms with Gasteiger partial charge in [0.1, 0.15) is 16.8 Å². The lowest BCUT2D eigenvalue weighted by molar-refractivity contribution is 0.0699. The molecule has 0 aromatic carbocycles. The van der Waals surface area contributed by atoms with Gasteiger partial charge in [0, 0.05) is 12.4 Å². The number of fused-ring (bicyclic) bond motifs is 1. The number of aromatic amines is 1. The molecule has 0 amide bonds. The smallest absolute Gasteiger partial charge is 0.339 e. The van der Waals surface area contributed by atoms with Crippen LogP contribution in [-0.2, 0) is 0 Å². The quantitative estimate of drug-likeness (QED) is 0.711. The molecule has 3 aromatic rings. The van der Waals surface area contributed by atoms with Crippen molar-refractivity contribution in [1.29, 1.82) is 0 Å². The van der Waals surface area contributed by atoms with Gasteiger partial charge in [-0.05, 0) is 12.1 Å². The average molecular weight is 240 g/mol. The molecule has 0 fully saturated rings. The summed E-state index contributed by atoms with van der Waals surface area (Å²) < 4.78 is 0.